The van der Waals surface area contributed by atoms with Crippen molar-refractivity contribution in [2.75, 3.05) is 18.4 Å². The molecule has 0 spiro atoms. The first-order valence-electron chi connectivity index (χ1n) is 10.7. The zero-order valence-electron chi connectivity index (χ0n) is 18.3. The largest absolute Gasteiger partial charge is 0.456 e. The fourth-order valence-electron chi connectivity index (χ4n) is 4.02. The first kappa shape index (κ1) is 24.1. The number of ether oxygens (including phenoxy) is 1. The van der Waals surface area contributed by atoms with E-state index in [1.807, 2.05) is 37.3 Å². The van der Waals surface area contributed by atoms with Gasteiger partial charge < -0.3 is 15.4 Å². The van der Waals surface area contributed by atoms with E-state index in [-0.39, 0.29) is 22.8 Å². The molecule has 1 aliphatic heterocycles. The highest BCUT2D eigenvalue weighted by Crippen LogP contribution is 2.40. The van der Waals surface area contributed by atoms with Crippen molar-refractivity contribution in [2.24, 2.45) is 5.41 Å². The van der Waals surface area contributed by atoms with E-state index >= 15 is 0 Å². The van der Waals surface area contributed by atoms with Crippen molar-refractivity contribution in [1.29, 1.82) is 0 Å². The van der Waals surface area contributed by atoms with Gasteiger partial charge in [-0.05, 0) is 36.8 Å². The molecule has 3 aromatic rings. The maximum atomic E-state index is 13.3. The van der Waals surface area contributed by atoms with Crippen molar-refractivity contribution in [1.82, 2.24) is 10.3 Å². The first-order valence-corrected chi connectivity index (χ1v) is 11.2. The standard InChI is InChI=1S/C25H24F3N3O2S/c1-24(15-29-14-20(22(24)34)16-6-3-2-4-7-16)23(32)31-17-8-5-9-18(12-17)33-19-10-11-21(30-13-19)25(26,27)28/h2-13,20,22,29,34H,14-15H2,1H3,(H,31,32)/t20-,22?,24+/m1/s1. The number of thiol groups is 1. The van der Waals surface area contributed by atoms with Gasteiger partial charge in [-0.2, -0.15) is 25.8 Å². The highest BCUT2D eigenvalue weighted by atomic mass is 32.1. The Morgan fingerprint density at radius 2 is 1.88 bits per heavy atom. The molecular weight excluding hydrogens is 463 g/mol. The third-order valence-electron chi connectivity index (χ3n) is 5.99. The van der Waals surface area contributed by atoms with Crippen LogP contribution in [0.2, 0.25) is 0 Å². The predicted molar refractivity (Wildman–Crippen MR) is 127 cm³/mol. The summed E-state index contributed by atoms with van der Waals surface area (Å²) in [5, 5.41) is 6.08. The smallest absolute Gasteiger partial charge is 0.433 e. The van der Waals surface area contributed by atoms with Crippen LogP contribution in [0.5, 0.6) is 11.5 Å². The van der Waals surface area contributed by atoms with E-state index in [2.05, 4.69) is 15.6 Å². The summed E-state index contributed by atoms with van der Waals surface area (Å²) in [5.74, 6) is 0.391. The molecule has 1 fully saturated rings. The number of carbonyl (C=O) groups excluding carboxylic acids is 1. The minimum atomic E-state index is -4.52. The molecule has 0 bridgehead atoms. The van der Waals surface area contributed by atoms with E-state index in [9.17, 15) is 18.0 Å². The number of amides is 1. The topological polar surface area (TPSA) is 63.2 Å². The number of aromatic nitrogens is 1. The van der Waals surface area contributed by atoms with Crippen LogP contribution in [0.1, 0.15) is 24.1 Å². The SMILES string of the molecule is C[C@]1(C(=O)Nc2cccc(Oc3ccc(C(F)(F)F)nc3)c2)CNC[C@H](c2ccccc2)C1S. The molecule has 1 saturated heterocycles. The van der Waals surface area contributed by atoms with Crippen LogP contribution in [0.3, 0.4) is 0 Å². The van der Waals surface area contributed by atoms with Crippen molar-refractivity contribution < 1.29 is 22.7 Å². The molecule has 0 aliphatic carbocycles. The van der Waals surface area contributed by atoms with Crippen LogP contribution in [0.25, 0.3) is 0 Å². The summed E-state index contributed by atoms with van der Waals surface area (Å²) in [5.41, 5.74) is -0.152. The lowest BCUT2D eigenvalue weighted by molar-refractivity contribution is -0.141. The summed E-state index contributed by atoms with van der Waals surface area (Å²) in [6, 6.07) is 18.7. The Balaban J connectivity index is 1.46. The number of pyridine rings is 1. The van der Waals surface area contributed by atoms with Crippen LogP contribution in [-0.2, 0) is 11.0 Å². The van der Waals surface area contributed by atoms with Gasteiger partial charge in [-0.15, -0.1) is 0 Å². The average molecular weight is 488 g/mol. The molecule has 1 aromatic heterocycles. The molecule has 2 aromatic carbocycles. The van der Waals surface area contributed by atoms with Crippen LogP contribution in [0.15, 0.2) is 72.9 Å². The number of carbonyl (C=O) groups is 1. The molecule has 0 radical (unpaired) electrons. The number of anilines is 1. The number of rotatable bonds is 5. The first-order chi connectivity index (χ1) is 16.2. The maximum absolute atomic E-state index is 13.3. The quantitative estimate of drug-likeness (QED) is 0.415. The van der Waals surface area contributed by atoms with E-state index in [0.29, 0.717) is 18.0 Å². The van der Waals surface area contributed by atoms with E-state index in [0.717, 1.165) is 24.4 Å². The zero-order valence-corrected chi connectivity index (χ0v) is 19.2. The van der Waals surface area contributed by atoms with Gasteiger partial charge in [0, 0.05) is 36.0 Å². The second-order valence-corrected chi connectivity index (χ2v) is 9.03. The van der Waals surface area contributed by atoms with Crippen molar-refractivity contribution in [3.8, 4) is 11.5 Å². The number of benzene rings is 2. The highest BCUT2D eigenvalue weighted by Gasteiger charge is 2.46. The van der Waals surface area contributed by atoms with Gasteiger partial charge in [-0.3, -0.25) is 4.79 Å². The summed E-state index contributed by atoms with van der Waals surface area (Å²) in [7, 11) is 0. The Bertz CT molecular complexity index is 1140. The summed E-state index contributed by atoms with van der Waals surface area (Å²) < 4.78 is 43.7. The Morgan fingerprint density at radius 3 is 2.56 bits per heavy atom. The molecule has 34 heavy (non-hydrogen) atoms. The molecule has 4 rings (SSSR count). The van der Waals surface area contributed by atoms with Crippen LogP contribution >= 0.6 is 12.6 Å². The van der Waals surface area contributed by atoms with Crippen LogP contribution in [-0.4, -0.2) is 29.2 Å². The molecule has 2 heterocycles. The van der Waals surface area contributed by atoms with Gasteiger partial charge in [0.1, 0.15) is 17.2 Å². The van der Waals surface area contributed by atoms with Gasteiger partial charge in [-0.25, -0.2) is 4.98 Å². The number of nitrogens with zero attached hydrogens (tertiary/aromatic N) is 1. The van der Waals surface area contributed by atoms with Gasteiger partial charge in [-0.1, -0.05) is 36.4 Å². The van der Waals surface area contributed by atoms with E-state index in [1.165, 1.54) is 6.07 Å². The van der Waals surface area contributed by atoms with Crippen LogP contribution in [0.4, 0.5) is 18.9 Å². The molecular formula is C25H24F3N3O2S. The number of nitrogens with one attached hydrogen (secondary N) is 2. The zero-order chi connectivity index (χ0) is 24.3. The highest BCUT2D eigenvalue weighted by molar-refractivity contribution is 7.81. The number of hydrogen-bond acceptors (Lipinski definition) is 5. The van der Waals surface area contributed by atoms with Crippen molar-refractivity contribution in [3.05, 3.63) is 84.2 Å². The maximum Gasteiger partial charge on any atom is 0.433 e. The molecule has 5 nitrogen and oxygen atoms in total. The van der Waals surface area contributed by atoms with Gasteiger partial charge in [0.2, 0.25) is 5.91 Å². The summed E-state index contributed by atoms with van der Waals surface area (Å²) in [4.78, 5) is 16.7. The third-order valence-corrected chi connectivity index (χ3v) is 6.92. The van der Waals surface area contributed by atoms with Crippen molar-refractivity contribution in [3.63, 3.8) is 0 Å². The van der Waals surface area contributed by atoms with E-state index in [4.69, 9.17) is 17.4 Å². The normalized spacial score (nSPS) is 22.7. The summed E-state index contributed by atoms with van der Waals surface area (Å²) in [6.07, 6.45) is -3.50. The second kappa shape index (κ2) is 9.68. The van der Waals surface area contributed by atoms with Gasteiger partial charge in [0.15, 0.2) is 0 Å². The summed E-state index contributed by atoms with van der Waals surface area (Å²) in [6.45, 7) is 3.09. The minimum Gasteiger partial charge on any atom is -0.456 e. The number of alkyl halides is 3. The second-order valence-electron chi connectivity index (χ2n) is 8.47. The van der Waals surface area contributed by atoms with Crippen LogP contribution in [0, 0.1) is 5.41 Å². The van der Waals surface area contributed by atoms with Gasteiger partial charge in [0.05, 0.1) is 11.6 Å². The lowest BCUT2D eigenvalue weighted by atomic mass is 9.74. The molecule has 0 saturated carbocycles. The molecule has 2 N–H and O–H groups in total. The molecule has 1 aliphatic rings. The van der Waals surface area contributed by atoms with E-state index < -0.39 is 17.3 Å². The van der Waals surface area contributed by atoms with Crippen LogP contribution < -0.4 is 15.4 Å². The van der Waals surface area contributed by atoms with Crippen molar-refractivity contribution >= 4 is 24.2 Å². The molecule has 9 heteroatoms. The fourth-order valence-corrected chi connectivity index (χ4v) is 4.50. The average Bonchev–Trinajstić information content (AvgIpc) is 2.81. The predicted octanol–water partition coefficient (Wildman–Crippen LogP) is 5.52. The molecule has 1 unspecified atom stereocenters. The molecule has 178 valence electrons. The molecule has 3 atom stereocenters. The summed E-state index contributed by atoms with van der Waals surface area (Å²) >= 11 is 4.86. The van der Waals surface area contributed by atoms with Gasteiger partial charge >= 0.3 is 6.18 Å². The number of hydrogen-bond donors (Lipinski definition) is 3. The third kappa shape index (κ3) is 5.20. The Hall–Kier alpha value is -3.04. The lowest BCUT2D eigenvalue weighted by Gasteiger charge is -2.43. The Morgan fingerprint density at radius 1 is 1.12 bits per heavy atom. The number of halogens is 3. The fraction of sp³-hybridized carbons (Fsp3) is 0.280. The van der Waals surface area contributed by atoms with Crippen molar-refractivity contribution in [2.45, 2.75) is 24.3 Å². The lowest BCUT2D eigenvalue weighted by Crippen LogP contribution is -2.56. The Labute approximate surface area is 201 Å². The minimum absolute atomic E-state index is 0.0656. The Kier molecular flexibility index (Phi) is 6.86. The van der Waals surface area contributed by atoms with E-state index in [1.54, 1.807) is 24.3 Å². The van der Waals surface area contributed by atoms with Gasteiger partial charge in [0.25, 0.3) is 0 Å². The number of piperidine rings is 1. The molecule has 1 amide bonds. The monoisotopic (exact) mass is 487 g/mol.